The van der Waals surface area contributed by atoms with E-state index in [-0.39, 0.29) is 12.2 Å². The Labute approximate surface area is 161 Å². The molecule has 2 heterocycles. The molecule has 0 saturated heterocycles. The van der Waals surface area contributed by atoms with Gasteiger partial charge >= 0.3 is 0 Å². The van der Waals surface area contributed by atoms with Crippen molar-refractivity contribution in [2.45, 2.75) is 26.4 Å². The summed E-state index contributed by atoms with van der Waals surface area (Å²) < 4.78 is 0.714. The first-order valence-corrected chi connectivity index (χ1v) is 9.90. The summed E-state index contributed by atoms with van der Waals surface area (Å²) in [5, 5.41) is 13.9. The molecule has 4 N–H and O–H groups in total. The number of nitrogens with one attached hydrogen (secondary N) is 1. The monoisotopic (exact) mass is 378 g/mol. The highest BCUT2D eigenvalue weighted by Crippen LogP contribution is 2.38. The summed E-state index contributed by atoms with van der Waals surface area (Å²) in [7, 11) is 0. The number of aromatic nitrogens is 1. The number of nitrogens with two attached hydrogens (primary N) is 1. The van der Waals surface area contributed by atoms with Gasteiger partial charge in [-0.3, -0.25) is 4.79 Å². The van der Waals surface area contributed by atoms with Gasteiger partial charge in [0.25, 0.3) is 5.56 Å². The van der Waals surface area contributed by atoms with E-state index in [1.807, 2.05) is 24.4 Å². The average Bonchev–Trinajstić information content (AvgIpc) is 3.18. The van der Waals surface area contributed by atoms with Gasteiger partial charge in [-0.2, -0.15) is 0 Å². The maximum Gasteiger partial charge on any atom is 0.266 e. The zero-order chi connectivity index (χ0) is 19.1. The molecule has 4 rings (SSSR count). The molecular formula is C22H22N2O2S. The van der Waals surface area contributed by atoms with Crippen molar-refractivity contribution in [1.29, 1.82) is 0 Å². The van der Waals surface area contributed by atoms with Crippen LogP contribution in [0.2, 0.25) is 0 Å². The van der Waals surface area contributed by atoms with Crippen LogP contribution in [0.5, 0.6) is 0 Å². The molecule has 0 aliphatic heterocycles. The number of pyridine rings is 1. The van der Waals surface area contributed by atoms with Crippen LogP contribution in [-0.2, 0) is 6.61 Å². The molecule has 0 amide bonds. The SMILES string of the molecule is Cc1cc(CO)c(-c2ccc([C@@H](C)CN)cc2)c2c1[nH]c(=O)c1sccc12. The van der Waals surface area contributed by atoms with Crippen LogP contribution in [0.15, 0.2) is 46.6 Å². The van der Waals surface area contributed by atoms with Gasteiger partial charge in [-0.1, -0.05) is 37.3 Å². The van der Waals surface area contributed by atoms with Gasteiger partial charge in [-0.05, 0) is 58.7 Å². The van der Waals surface area contributed by atoms with E-state index >= 15 is 0 Å². The summed E-state index contributed by atoms with van der Waals surface area (Å²) in [6.45, 7) is 4.61. The van der Waals surface area contributed by atoms with Crippen LogP contribution < -0.4 is 11.3 Å². The molecular weight excluding hydrogens is 356 g/mol. The molecule has 27 heavy (non-hydrogen) atoms. The average molecular weight is 378 g/mol. The number of aryl methyl sites for hydroxylation is 1. The molecule has 0 saturated carbocycles. The Morgan fingerprint density at radius 2 is 1.96 bits per heavy atom. The van der Waals surface area contributed by atoms with Crippen LogP contribution in [0, 0.1) is 6.92 Å². The van der Waals surface area contributed by atoms with E-state index in [0.717, 1.165) is 38.5 Å². The summed E-state index contributed by atoms with van der Waals surface area (Å²) in [5.41, 5.74) is 11.6. The number of hydrogen-bond donors (Lipinski definition) is 3. The van der Waals surface area contributed by atoms with Crippen LogP contribution in [0.1, 0.15) is 29.5 Å². The summed E-state index contributed by atoms with van der Waals surface area (Å²) in [5.74, 6) is 0.297. The molecule has 0 bridgehead atoms. The van der Waals surface area contributed by atoms with Gasteiger partial charge in [0, 0.05) is 10.8 Å². The molecule has 5 heteroatoms. The topological polar surface area (TPSA) is 79.1 Å². The maximum absolute atomic E-state index is 12.5. The van der Waals surface area contributed by atoms with Crippen molar-refractivity contribution in [2.75, 3.05) is 6.54 Å². The predicted molar refractivity (Wildman–Crippen MR) is 114 cm³/mol. The van der Waals surface area contributed by atoms with Crippen molar-refractivity contribution < 1.29 is 5.11 Å². The normalized spacial score (nSPS) is 12.7. The van der Waals surface area contributed by atoms with Crippen LogP contribution in [0.25, 0.3) is 32.1 Å². The molecule has 2 aromatic carbocycles. The van der Waals surface area contributed by atoms with Gasteiger partial charge in [0.1, 0.15) is 4.70 Å². The summed E-state index contributed by atoms with van der Waals surface area (Å²) in [6.07, 6.45) is 0. The van der Waals surface area contributed by atoms with E-state index < -0.39 is 0 Å². The molecule has 0 unspecified atom stereocenters. The van der Waals surface area contributed by atoms with Crippen molar-refractivity contribution in [3.63, 3.8) is 0 Å². The minimum Gasteiger partial charge on any atom is -0.392 e. The Morgan fingerprint density at radius 3 is 2.63 bits per heavy atom. The summed E-state index contributed by atoms with van der Waals surface area (Å²) in [6, 6.07) is 12.3. The number of rotatable bonds is 4. The minimum absolute atomic E-state index is 0.0577. The van der Waals surface area contributed by atoms with Gasteiger partial charge in [0.15, 0.2) is 0 Å². The lowest BCUT2D eigenvalue weighted by molar-refractivity contribution is 0.282. The van der Waals surface area contributed by atoms with Crippen LogP contribution in [0.3, 0.4) is 0 Å². The van der Waals surface area contributed by atoms with Gasteiger partial charge in [-0.25, -0.2) is 0 Å². The number of aliphatic hydroxyl groups excluding tert-OH is 1. The number of aliphatic hydroxyl groups is 1. The maximum atomic E-state index is 12.5. The lowest BCUT2D eigenvalue weighted by atomic mass is 9.90. The Hall–Kier alpha value is -2.47. The third kappa shape index (κ3) is 2.88. The minimum atomic E-state index is -0.0644. The molecule has 1 atom stereocenters. The third-order valence-corrected chi connectivity index (χ3v) is 6.19. The number of H-pyrrole nitrogens is 1. The first kappa shape index (κ1) is 17.9. The molecule has 0 fully saturated rings. The quantitative estimate of drug-likeness (QED) is 0.496. The second kappa shape index (κ2) is 6.93. The summed E-state index contributed by atoms with van der Waals surface area (Å²) >= 11 is 1.44. The molecule has 0 aliphatic carbocycles. The van der Waals surface area contributed by atoms with Crippen LogP contribution in [-0.4, -0.2) is 16.6 Å². The fraction of sp³-hybridized carbons (Fsp3) is 0.227. The smallest absolute Gasteiger partial charge is 0.266 e. The second-order valence-electron chi connectivity index (χ2n) is 7.01. The van der Waals surface area contributed by atoms with Gasteiger partial charge < -0.3 is 15.8 Å². The van der Waals surface area contributed by atoms with E-state index in [0.29, 0.717) is 17.2 Å². The Balaban J connectivity index is 2.08. The molecule has 0 radical (unpaired) electrons. The number of fused-ring (bicyclic) bond motifs is 3. The Kier molecular flexibility index (Phi) is 4.60. The predicted octanol–water partition coefficient (Wildman–Crippen LogP) is 4.27. The van der Waals surface area contributed by atoms with Crippen molar-refractivity contribution >= 4 is 32.3 Å². The van der Waals surface area contributed by atoms with E-state index in [2.05, 4.69) is 36.2 Å². The second-order valence-corrected chi connectivity index (χ2v) is 7.93. The molecule has 138 valence electrons. The molecule has 0 aliphatic rings. The third-order valence-electron chi connectivity index (χ3n) is 5.28. The standard InChI is InChI=1S/C22H22N2O2S/c1-12-9-16(11-25)18(15-5-3-14(4-6-15)13(2)10-23)19-17-7-8-27-21(17)22(26)24-20(12)19/h3-9,13,25H,10-11,23H2,1-2H3,(H,24,26)/t13-/m0/s1. The fourth-order valence-corrected chi connectivity index (χ4v) is 4.54. The van der Waals surface area contributed by atoms with Crippen molar-refractivity contribution in [2.24, 2.45) is 5.73 Å². The highest BCUT2D eigenvalue weighted by atomic mass is 32.1. The first-order valence-electron chi connectivity index (χ1n) is 9.02. The van der Waals surface area contributed by atoms with Crippen molar-refractivity contribution in [1.82, 2.24) is 4.98 Å². The van der Waals surface area contributed by atoms with Gasteiger partial charge in [0.2, 0.25) is 0 Å². The largest absolute Gasteiger partial charge is 0.392 e. The molecule has 2 aromatic heterocycles. The van der Waals surface area contributed by atoms with Crippen molar-refractivity contribution in [3.05, 3.63) is 68.8 Å². The number of benzene rings is 2. The van der Waals surface area contributed by atoms with Gasteiger partial charge in [-0.15, -0.1) is 11.3 Å². The summed E-state index contributed by atoms with van der Waals surface area (Å²) in [4.78, 5) is 15.5. The number of aromatic amines is 1. The van der Waals surface area contributed by atoms with Gasteiger partial charge in [0.05, 0.1) is 12.1 Å². The van der Waals surface area contributed by atoms with E-state index in [1.165, 1.54) is 16.9 Å². The van der Waals surface area contributed by atoms with E-state index in [1.54, 1.807) is 0 Å². The molecule has 0 spiro atoms. The molecule has 4 nitrogen and oxygen atoms in total. The highest BCUT2D eigenvalue weighted by molar-refractivity contribution is 7.17. The lowest BCUT2D eigenvalue weighted by Crippen LogP contribution is -2.08. The zero-order valence-corrected chi connectivity index (χ0v) is 16.2. The van der Waals surface area contributed by atoms with Crippen LogP contribution >= 0.6 is 11.3 Å². The number of hydrogen-bond acceptors (Lipinski definition) is 4. The fourth-order valence-electron chi connectivity index (χ4n) is 3.74. The van der Waals surface area contributed by atoms with Crippen LogP contribution in [0.4, 0.5) is 0 Å². The Morgan fingerprint density at radius 1 is 1.22 bits per heavy atom. The van der Waals surface area contributed by atoms with E-state index in [4.69, 9.17) is 5.73 Å². The first-order chi connectivity index (χ1) is 13.0. The molecule has 4 aromatic rings. The number of thiophene rings is 1. The highest BCUT2D eigenvalue weighted by Gasteiger charge is 2.17. The Bertz CT molecular complexity index is 1190. The van der Waals surface area contributed by atoms with Crippen molar-refractivity contribution in [3.8, 4) is 11.1 Å². The lowest BCUT2D eigenvalue weighted by Gasteiger charge is -2.16. The zero-order valence-electron chi connectivity index (χ0n) is 15.4. The van der Waals surface area contributed by atoms with E-state index in [9.17, 15) is 9.90 Å².